The molecule has 0 saturated carbocycles. The van der Waals surface area contributed by atoms with Crippen LogP contribution in [0.1, 0.15) is 15.9 Å². The summed E-state index contributed by atoms with van der Waals surface area (Å²) in [5.74, 6) is -0.149. The Morgan fingerprint density at radius 1 is 1.10 bits per heavy atom. The number of aromatic amines is 1. The highest BCUT2D eigenvalue weighted by atomic mass is 35.5. The van der Waals surface area contributed by atoms with Crippen molar-refractivity contribution in [2.24, 2.45) is 0 Å². The number of aryl methyl sites for hydroxylation is 2. The molecular weight excluding hydrogens is 435 g/mol. The van der Waals surface area contributed by atoms with Crippen molar-refractivity contribution in [1.29, 1.82) is 0 Å². The number of imidazole rings is 1. The molecule has 0 aliphatic rings. The number of carboxylic acids is 1. The number of hydrogen-bond acceptors (Lipinski definition) is 3. The molecule has 2 N–H and O–H groups in total. The number of rotatable bonds is 5. The molecule has 0 aliphatic carbocycles. The molecule has 31 heavy (non-hydrogen) atoms. The van der Waals surface area contributed by atoms with Crippen LogP contribution < -0.4 is 0 Å². The summed E-state index contributed by atoms with van der Waals surface area (Å²) in [6.07, 6.45) is 4.34. The smallest absolute Gasteiger partial charge is 0.335 e. The molecular formula is C23H16Cl2N4O2. The van der Waals surface area contributed by atoms with Crippen LogP contribution in [0.25, 0.3) is 33.5 Å². The van der Waals surface area contributed by atoms with Gasteiger partial charge < -0.3 is 14.7 Å². The first-order chi connectivity index (χ1) is 15.0. The maximum Gasteiger partial charge on any atom is 0.335 e. The molecule has 5 rings (SSSR count). The minimum Gasteiger partial charge on any atom is -0.478 e. The molecule has 0 aliphatic heterocycles. The van der Waals surface area contributed by atoms with Crippen LogP contribution in [0, 0.1) is 0 Å². The van der Waals surface area contributed by atoms with E-state index in [1.807, 2.05) is 36.5 Å². The summed E-state index contributed by atoms with van der Waals surface area (Å²) >= 11 is 12.5. The Labute approximate surface area is 187 Å². The second kappa shape index (κ2) is 7.72. The normalized spacial score (nSPS) is 11.4. The molecule has 0 spiro atoms. The van der Waals surface area contributed by atoms with Gasteiger partial charge >= 0.3 is 5.97 Å². The molecule has 0 amide bonds. The highest BCUT2D eigenvalue weighted by Crippen LogP contribution is 2.34. The number of carboxylic acid groups (broad SMARTS) is 1. The monoisotopic (exact) mass is 450 g/mol. The highest BCUT2D eigenvalue weighted by Gasteiger charge is 2.18. The lowest BCUT2D eigenvalue weighted by Gasteiger charge is -2.10. The van der Waals surface area contributed by atoms with Gasteiger partial charge in [0, 0.05) is 29.9 Å². The fourth-order valence-electron chi connectivity index (χ4n) is 3.75. The van der Waals surface area contributed by atoms with E-state index in [0.717, 1.165) is 39.0 Å². The van der Waals surface area contributed by atoms with Gasteiger partial charge in [-0.3, -0.25) is 0 Å². The second-order valence-corrected chi connectivity index (χ2v) is 8.01. The number of nitrogens with zero attached hydrogens (tertiary/aromatic N) is 3. The first-order valence-electron chi connectivity index (χ1n) is 9.61. The van der Waals surface area contributed by atoms with Gasteiger partial charge in [0.25, 0.3) is 0 Å². The number of pyridine rings is 1. The van der Waals surface area contributed by atoms with Crippen LogP contribution in [-0.2, 0) is 13.0 Å². The third-order valence-corrected chi connectivity index (χ3v) is 6.03. The van der Waals surface area contributed by atoms with Gasteiger partial charge in [-0.2, -0.15) is 0 Å². The molecule has 0 fully saturated rings. The van der Waals surface area contributed by atoms with E-state index in [1.54, 1.807) is 24.4 Å². The van der Waals surface area contributed by atoms with Gasteiger partial charge in [0.15, 0.2) is 0 Å². The SMILES string of the molecule is O=C(O)c1ccc(CCn2c(-c3c[nH]c4ncccc34)nc3cc(Cl)c(Cl)cc32)cc1. The van der Waals surface area contributed by atoms with E-state index < -0.39 is 5.97 Å². The Balaban J connectivity index is 1.60. The van der Waals surface area contributed by atoms with Crippen molar-refractivity contribution in [3.8, 4) is 11.4 Å². The molecule has 6 nitrogen and oxygen atoms in total. The van der Waals surface area contributed by atoms with E-state index in [4.69, 9.17) is 33.3 Å². The zero-order chi connectivity index (χ0) is 21.5. The molecule has 3 heterocycles. The van der Waals surface area contributed by atoms with Gasteiger partial charge in [-0.15, -0.1) is 0 Å². The zero-order valence-corrected chi connectivity index (χ0v) is 17.7. The number of benzene rings is 2. The number of aromatic carboxylic acids is 1. The highest BCUT2D eigenvalue weighted by molar-refractivity contribution is 6.42. The van der Waals surface area contributed by atoms with Gasteiger partial charge in [-0.25, -0.2) is 14.8 Å². The van der Waals surface area contributed by atoms with E-state index in [0.29, 0.717) is 23.0 Å². The van der Waals surface area contributed by atoms with E-state index in [2.05, 4.69) is 14.5 Å². The molecule has 154 valence electrons. The zero-order valence-electron chi connectivity index (χ0n) is 16.1. The molecule has 2 aromatic carbocycles. The topological polar surface area (TPSA) is 83.8 Å². The van der Waals surface area contributed by atoms with Crippen molar-refractivity contribution in [3.05, 3.63) is 82.1 Å². The minimum atomic E-state index is -0.936. The van der Waals surface area contributed by atoms with Crippen molar-refractivity contribution in [2.75, 3.05) is 0 Å². The van der Waals surface area contributed by atoms with Crippen molar-refractivity contribution in [3.63, 3.8) is 0 Å². The first kappa shape index (κ1) is 19.6. The number of nitrogens with one attached hydrogen (secondary N) is 1. The third kappa shape index (κ3) is 3.54. The summed E-state index contributed by atoms with van der Waals surface area (Å²) in [6.45, 7) is 0.628. The Hall–Kier alpha value is -3.35. The Morgan fingerprint density at radius 2 is 1.87 bits per heavy atom. The van der Waals surface area contributed by atoms with E-state index in [9.17, 15) is 4.79 Å². The summed E-state index contributed by atoms with van der Waals surface area (Å²) in [5, 5.41) is 11.0. The van der Waals surface area contributed by atoms with E-state index >= 15 is 0 Å². The predicted molar refractivity (Wildman–Crippen MR) is 122 cm³/mol. The van der Waals surface area contributed by atoms with Gasteiger partial charge in [0.2, 0.25) is 0 Å². The fraction of sp³-hybridized carbons (Fsp3) is 0.0870. The number of halogens is 2. The largest absolute Gasteiger partial charge is 0.478 e. The van der Waals surface area contributed by atoms with E-state index in [1.165, 1.54) is 0 Å². The Morgan fingerprint density at radius 3 is 2.65 bits per heavy atom. The van der Waals surface area contributed by atoms with Gasteiger partial charge in [-0.1, -0.05) is 35.3 Å². The number of H-pyrrole nitrogens is 1. The van der Waals surface area contributed by atoms with Gasteiger partial charge in [0.1, 0.15) is 11.5 Å². The van der Waals surface area contributed by atoms with Gasteiger partial charge in [-0.05, 0) is 48.4 Å². The Bertz CT molecular complexity index is 1440. The molecule has 0 unspecified atom stereocenters. The van der Waals surface area contributed by atoms with Crippen molar-refractivity contribution in [1.82, 2.24) is 19.5 Å². The predicted octanol–water partition coefficient (Wildman–Crippen LogP) is 5.83. The second-order valence-electron chi connectivity index (χ2n) is 7.20. The number of fused-ring (bicyclic) bond motifs is 2. The molecule has 3 aromatic heterocycles. The number of carbonyl (C=O) groups is 1. The summed E-state index contributed by atoms with van der Waals surface area (Å²) in [6, 6.07) is 14.4. The van der Waals surface area contributed by atoms with Crippen LogP contribution in [0.2, 0.25) is 10.0 Å². The minimum absolute atomic E-state index is 0.269. The molecule has 0 atom stereocenters. The number of hydrogen-bond donors (Lipinski definition) is 2. The van der Waals surface area contributed by atoms with Crippen molar-refractivity contribution >= 4 is 51.2 Å². The average molecular weight is 451 g/mol. The quantitative estimate of drug-likeness (QED) is 0.352. The van der Waals surface area contributed by atoms with E-state index in [-0.39, 0.29) is 5.56 Å². The molecule has 0 radical (unpaired) electrons. The number of aromatic nitrogens is 4. The lowest BCUT2D eigenvalue weighted by molar-refractivity contribution is 0.0697. The summed E-state index contributed by atoms with van der Waals surface area (Å²) in [5.41, 5.74) is 4.65. The van der Waals surface area contributed by atoms with Gasteiger partial charge in [0.05, 0.1) is 26.6 Å². The van der Waals surface area contributed by atoms with Crippen LogP contribution in [-0.4, -0.2) is 30.6 Å². The molecule has 0 saturated heterocycles. The maximum atomic E-state index is 11.1. The summed E-state index contributed by atoms with van der Waals surface area (Å²) < 4.78 is 2.11. The standard InChI is InChI=1S/C23H16Cl2N4O2/c24-17-10-19-20(11-18(17)25)29(9-7-13-3-5-14(6-4-13)23(30)31)22(28-19)16-12-27-21-15(16)2-1-8-26-21/h1-6,8,10-12H,7,9H2,(H,26,27)(H,30,31). The molecule has 8 heteroatoms. The molecule has 0 bridgehead atoms. The molecule has 5 aromatic rings. The van der Waals surface area contributed by atoms with Crippen LogP contribution in [0.15, 0.2) is 60.9 Å². The summed E-state index contributed by atoms with van der Waals surface area (Å²) in [7, 11) is 0. The average Bonchev–Trinajstić information content (AvgIpc) is 3.34. The first-order valence-corrected chi connectivity index (χ1v) is 10.4. The Kier molecular flexibility index (Phi) is 4.88. The van der Waals surface area contributed by atoms with Crippen molar-refractivity contribution in [2.45, 2.75) is 13.0 Å². The van der Waals surface area contributed by atoms with Crippen LogP contribution in [0.5, 0.6) is 0 Å². The fourth-order valence-corrected chi connectivity index (χ4v) is 4.06. The lowest BCUT2D eigenvalue weighted by atomic mass is 10.1. The summed E-state index contributed by atoms with van der Waals surface area (Å²) in [4.78, 5) is 23.5. The van der Waals surface area contributed by atoms with Crippen LogP contribution in [0.3, 0.4) is 0 Å². The van der Waals surface area contributed by atoms with Crippen molar-refractivity contribution < 1.29 is 9.90 Å². The van der Waals surface area contributed by atoms with Crippen LogP contribution >= 0.6 is 23.2 Å². The lowest BCUT2D eigenvalue weighted by Crippen LogP contribution is -2.04. The maximum absolute atomic E-state index is 11.1. The third-order valence-electron chi connectivity index (χ3n) is 5.31. The van der Waals surface area contributed by atoms with Crippen LogP contribution in [0.4, 0.5) is 0 Å².